The molecule has 18 heavy (non-hydrogen) atoms. The molecule has 0 radical (unpaired) electrons. The second-order valence-corrected chi connectivity index (χ2v) is 4.52. The van der Waals surface area contributed by atoms with E-state index in [4.69, 9.17) is 9.47 Å². The number of ether oxygens (including phenoxy) is 2. The zero-order valence-electron chi connectivity index (χ0n) is 10.1. The van der Waals surface area contributed by atoms with E-state index in [0.717, 1.165) is 15.4 Å². The van der Waals surface area contributed by atoms with Crippen LogP contribution in [0.25, 0.3) is 10.9 Å². The number of aromatic nitrogens is 1. The van der Waals surface area contributed by atoms with Gasteiger partial charge in [0.2, 0.25) is 5.88 Å². The van der Waals surface area contributed by atoms with Crippen molar-refractivity contribution < 1.29 is 14.3 Å². The molecule has 0 aliphatic rings. The van der Waals surface area contributed by atoms with Crippen LogP contribution in [0.3, 0.4) is 0 Å². The summed E-state index contributed by atoms with van der Waals surface area (Å²) >= 11 is 3.38. The lowest BCUT2D eigenvalue weighted by Crippen LogP contribution is -2.08. The van der Waals surface area contributed by atoms with E-state index in [1.165, 1.54) is 7.11 Å². The summed E-state index contributed by atoms with van der Waals surface area (Å²) in [6.07, 6.45) is 0. The molecule has 0 N–H and O–H groups in total. The van der Waals surface area contributed by atoms with Crippen molar-refractivity contribution in [3.63, 3.8) is 0 Å². The van der Waals surface area contributed by atoms with Crippen LogP contribution < -0.4 is 4.74 Å². The Morgan fingerprint density at radius 1 is 1.39 bits per heavy atom. The van der Waals surface area contributed by atoms with Crippen LogP contribution >= 0.6 is 15.9 Å². The van der Waals surface area contributed by atoms with Gasteiger partial charge in [0.1, 0.15) is 5.56 Å². The van der Waals surface area contributed by atoms with Gasteiger partial charge in [0.25, 0.3) is 0 Å². The van der Waals surface area contributed by atoms with E-state index in [1.54, 1.807) is 13.0 Å². The lowest BCUT2D eigenvalue weighted by molar-refractivity contribution is 0.0522. The summed E-state index contributed by atoms with van der Waals surface area (Å²) in [6, 6.07) is 7.37. The number of nitrogens with zero attached hydrogens (tertiary/aromatic N) is 1. The molecule has 0 fully saturated rings. The average molecular weight is 310 g/mol. The lowest BCUT2D eigenvalue weighted by Gasteiger charge is -2.08. The largest absolute Gasteiger partial charge is 0.480 e. The number of carbonyl (C=O) groups excluding carboxylic acids is 1. The van der Waals surface area contributed by atoms with Crippen LogP contribution in [0, 0.1) is 0 Å². The first-order valence-corrected chi connectivity index (χ1v) is 6.26. The summed E-state index contributed by atoms with van der Waals surface area (Å²) in [7, 11) is 1.48. The van der Waals surface area contributed by atoms with Gasteiger partial charge in [0, 0.05) is 9.86 Å². The van der Waals surface area contributed by atoms with Gasteiger partial charge in [-0.3, -0.25) is 0 Å². The highest BCUT2D eigenvalue weighted by molar-refractivity contribution is 9.10. The molecule has 2 rings (SSSR count). The maximum atomic E-state index is 11.8. The van der Waals surface area contributed by atoms with Crippen LogP contribution in [0.1, 0.15) is 17.3 Å². The van der Waals surface area contributed by atoms with Crippen LogP contribution in [0.4, 0.5) is 0 Å². The molecule has 5 heteroatoms. The SMILES string of the molecule is CCOC(=O)c1cc2ccc(Br)cc2nc1OC. The fourth-order valence-corrected chi connectivity index (χ4v) is 1.98. The Morgan fingerprint density at radius 3 is 2.83 bits per heavy atom. The third-order valence-corrected chi connectivity index (χ3v) is 2.93. The first kappa shape index (κ1) is 12.8. The highest BCUT2D eigenvalue weighted by Gasteiger charge is 2.16. The minimum absolute atomic E-state index is 0.277. The molecule has 94 valence electrons. The summed E-state index contributed by atoms with van der Waals surface area (Å²) in [5.41, 5.74) is 1.10. The molecule has 1 aromatic carbocycles. The summed E-state index contributed by atoms with van der Waals surface area (Å²) in [5, 5.41) is 0.863. The van der Waals surface area contributed by atoms with Crippen molar-refractivity contribution in [2.45, 2.75) is 6.92 Å². The van der Waals surface area contributed by atoms with E-state index in [1.807, 2.05) is 18.2 Å². The predicted octanol–water partition coefficient (Wildman–Crippen LogP) is 3.18. The zero-order valence-corrected chi connectivity index (χ0v) is 11.7. The molecule has 4 nitrogen and oxygen atoms in total. The standard InChI is InChI=1S/C13H12BrNO3/c1-3-18-13(16)10-6-8-4-5-9(14)7-11(8)15-12(10)17-2/h4-7H,3H2,1-2H3. The van der Waals surface area contributed by atoms with Crippen LogP contribution in [0.5, 0.6) is 5.88 Å². The van der Waals surface area contributed by atoms with Crippen LogP contribution in [-0.4, -0.2) is 24.7 Å². The Morgan fingerprint density at radius 2 is 2.17 bits per heavy atom. The highest BCUT2D eigenvalue weighted by Crippen LogP contribution is 2.25. The Kier molecular flexibility index (Phi) is 3.81. The molecule has 0 saturated heterocycles. The van der Waals surface area contributed by atoms with Crippen molar-refractivity contribution in [3.8, 4) is 5.88 Å². The molecule has 0 saturated carbocycles. The van der Waals surface area contributed by atoms with Gasteiger partial charge in [-0.25, -0.2) is 9.78 Å². The maximum Gasteiger partial charge on any atom is 0.343 e. The van der Waals surface area contributed by atoms with Gasteiger partial charge in [-0.1, -0.05) is 22.0 Å². The molecule has 2 aromatic rings. The number of esters is 1. The molecule has 0 aliphatic carbocycles. The Bertz CT molecular complexity index is 598. The topological polar surface area (TPSA) is 48.4 Å². The molecule has 1 heterocycles. The van der Waals surface area contributed by atoms with Gasteiger partial charge in [-0.05, 0) is 25.1 Å². The average Bonchev–Trinajstić information content (AvgIpc) is 2.37. The molecule has 0 bridgehead atoms. The van der Waals surface area contributed by atoms with Gasteiger partial charge in [-0.2, -0.15) is 0 Å². The van der Waals surface area contributed by atoms with Crippen LogP contribution in [-0.2, 0) is 4.74 Å². The number of hydrogen-bond donors (Lipinski definition) is 0. The number of hydrogen-bond acceptors (Lipinski definition) is 4. The minimum Gasteiger partial charge on any atom is -0.480 e. The third-order valence-electron chi connectivity index (χ3n) is 2.43. The summed E-state index contributed by atoms with van der Waals surface area (Å²) < 4.78 is 11.0. The number of pyridine rings is 1. The quantitative estimate of drug-likeness (QED) is 0.817. The smallest absolute Gasteiger partial charge is 0.343 e. The molecule has 1 aromatic heterocycles. The second-order valence-electron chi connectivity index (χ2n) is 3.60. The minimum atomic E-state index is -0.424. The molecule has 0 amide bonds. The zero-order chi connectivity index (χ0) is 13.1. The molecule has 0 unspecified atom stereocenters. The van der Waals surface area contributed by atoms with Crippen LogP contribution in [0.2, 0.25) is 0 Å². The van der Waals surface area contributed by atoms with E-state index >= 15 is 0 Å². The number of rotatable bonds is 3. The predicted molar refractivity (Wildman–Crippen MR) is 72.0 cm³/mol. The van der Waals surface area contributed by atoms with Crippen LogP contribution in [0.15, 0.2) is 28.7 Å². The Labute approximate surface area is 113 Å². The first-order valence-electron chi connectivity index (χ1n) is 5.47. The van der Waals surface area contributed by atoms with Crippen molar-refractivity contribution in [1.29, 1.82) is 0 Å². The fourth-order valence-electron chi connectivity index (χ4n) is 1.63. The third kappa shape index (κ3) is 2.46. The molecular formula is C13H12BrNO3. The number of benzene rings is 1. The Balaban J connectivity index is 2.59. The molecule has 0 atom stereocenters. The normalized spacial score (nSPS) is 10.4. The number of halogens is 1. The van der Waals surface area contributed by atoms with E-state index in [2.05, 4.69) is 20.9 Å². The van der Waals surface area contributed by atoms with Gasteiger partial charge < -0.3 is 9.47 Å². The van der Waals surface area contributed by atoms with E-state index < -0.39 is 5.97 Å². The highest BCUT2D eigenvalue weighted by atomic mass is 79.9. The van der Waals surface area contributed by atoms with Crippen molar-refractivity contribution in [2.24, 2.45) is 0 Å². The first-order chi connectivity index (χ1) is 8.65. The van der Waals surface area contributed by atoms with E-state index in [-0.39, 0.29) is 5.88 Å². The summed E-state index contributed by atoms with van der Waals surface area (Å²) in [4.78, 5) is 16.1. The number of fused-ring (bicyclic) bond motifs is 1. The summed E-state index contributed by atoms with van der Waals surface area (Å²) in [6.45, 7) is 2.08. The lowest BCUT2D eigenvalue weighted by atomic mass is 10.1. The maximum absolute atomic E-state index is 11.8. The van der Waals surface area contributed by atoms with Crippen molar-refractivity contribution >= 4 is 32.8 Å². The van der Waals surface area contributed by atoms with Crippen molar-refractivity contribution in [3.05, 3.63) is 34.3 Å². The van der Waals surface area contributed by atoms with Gasteiger partial charge >= 0.3 is 5.97 Å². The van der Waals surface area contributed by atoms with Gasteiger partial charge in [0.05, 0.1) is 19.2 Å². The Hall–Kier alpha value is -1.62. The fraction of sp³-hybridized carbons (Fsp3) is 0.231. The number of methoxy groups -OCH3 is 1. The molecule has 0 aliphatic heterocycles. The van der Waals surface area contributed by atoms with E-state index in [9.17, 15) is 4.79 Å². The van der Waals surface area contributed by atoms with Crippen molar-refractivity contribution in [1.82, 2.24) is 4.98 Å². The molecular weight excluding hydrogens is 298 g/mol. The van der Waals surface area contributed by atoms with Crippen molar-refractivity contribution in [2.75, 3.05) is 13.7 Å². The van der Waals surface area contributed by atoms with Gasteiger partial charge in [0.15, 0.2) is 0 Å². The van der Waals surface area contributed by atoms with Gasteiger partial charge in [-0.15, -0.1) is 0 Å². The monoisotopic (exact) mass is 309 g/mol. The molecule has 0 spiro atoms. The van der Waals surface area contributed by atoms with E-state index in [0.29, 0.717) is 12.2 Å². The second kappa shape index (κ2) is 5.35. The number of carbonyl (C=O) groups is 1. The summed E-state index contributed by atoms with van der Waals surface area (Å²) in [5.74, 6) is -0.147.